The Morgan fingerprint density at radius 2 is 1.44 bits per heavy atom. The Morgan fingerprint density at radius 1 is 0.861 bits per heavy atom. The fraction of sp³-hybridized carbons (Fsp3) is 0.741. The maximum Gasteiger partial charge on any atom is 0.320 e. The maximum atomic E-state index is 13.8. The van der Waals surface area contributed by atoms with Gasteiger partial charge >= 0.3 is 6.03 Å². The molecule has 1 aromatic carbocycles. The molecule has 0 radical (unpaired) electrons. The van der Waals surface area contributed by atoms with Gasteiger partial charge in [0.1, 0.15) is 0 Å². The van der Waals surface area contributed by atoms with E-state index in [-0.39, 0.29) is 42.5 Å². The summed E-state index contributed by atoms with van der Waals surface area (Å²) >= 11 is 0. The van der Waals surface area contributed by atoms with Crippen LogP contribution in [0.1, 0.15) is 63.4 Å². The third kappa shape index (κ3) is 4.57. The van der Waals surface area contributed by atoms with Crippen LogP contribution < -0.4 is 0 Å². The molecule has 0 atom stereocenters. The molecule has 2 N–H and O–H groups in total. The zero-order valence-electron chi connectivity index (χ0n) is 21.7. The molecule has 0 bridgehead atoms. The maximum absolute atomic E-state index is 13.8. The van der Waals surface area contributed by atoms with E-state index in [2.05, 4.69) is 43.3 Å². The van der Waals surface area contributed by atoms with Gasteiger partial charge in [-0.05, 0) is 77.4 Å². The number of nitrogens with zero attached hydrogens (tertiary/aromatic N) is 3. The fourth-order valence-corrected chi connectivity index (χ4v) is 8.59. The van der Waals surface area contributed by atoms with Gasteiger partial charge in [-0.3, -0.25) is 4.90 Å². The molecule has 2 saturated carbocycles. The van der Waals surface area contributed by atoms with E-state index in [1.165, 1.54) is 5.56 Å². The highest BCUT2D eigenvalue weighted by molar-refractivity contribution is 7.91. The Kier molecular flexibility index (Phi) is 6.46. The normalized spacial score (nSPS) is 30.5. The molecule has 1 aromatic rings. The average Bonchev–Trinajstić information content (AvgIpc) is 3.06. The van der Waals surface area contributed by atoms with Crippen LogP contribution in [0.4, 0.5) is 4.79 Å². The SMILES string of the molecule is CN(C)[C@]1(c2ccccc2)CC[C@]2(CC1)CN(CC1(O)CCS(=O)(=O)CC1)C(=O)N2CC1(O)CCC1. The molecule has 2 saturated heterocycles. The topological polar surface area (TPSA) is 101 Å². The summed E-state index contributed by atoms with van der Waals surface area (Å²) in [5.74, 6) is -0.0782. The largest absolute Gasteiger partial charge is 0.388 e. The van der Waals surface area contributed by atoms with Gasteiger partial charge in [-0.2, -0.15) is 0 Å². The number of benzene rings is 1. The summed E-state index contributed by atoms with van der Waals surface area (Å²) in [5, 5.41) is 22.3. The van der Waals surface area contributed by atoms with Crippen LogP contribution in [0.25, 0.3) is 0 Å². The minimum Gasteiger partial charge on any atom is -0.388 e. The van der Waals surface area contributed by atoms with Crippen LogP contribution in [0, 0.1) is 0 Å². The highest BCUT2D eigenvalue weighted by Gasteiger charge is 2.57. The van der Waals surface area contributed by atoms with Gasteiger partial charge in [-0.1, -0.05) is 30.3 Å². The van der Waals surface area contributed by atoms with Crippen molar-refractivity contribution in [3.63, 3.8) is 0 Å². The van der Waals surface area contributed by atoms with E-state index in [0.29, 0.717) is 25.9 Å². The van der Waals surface area contributed by atoms with Crippen molar-refractivity contribution >= 4 is 15.9 Å². The van der Waals surface area contributed by atoms with Gasteiger partial charge in [-0.15, -0.1) is 0 Å². The standard InChI is InChI=1S/C27H41N3O5S/c1-28(2)27(22-7-4-3-5-8-22)13-11-24(12-14-27)19-29(20-26(33)15-17-36(34,35)18-16-26)23(31)30(24)21-25(32)9-6-10-25/h3-5,7-8,32-33H,6,9-21H2,1-2H3/t24-,27+. The quantitative estimate of drug-likeness (QED) is 0.598. The number of rotatable bonds is 6. The molecule has 0 aromatic heterocycles. The van der Waals surface area contributed by atoms with Gasteiger partial charge in [0, 0.05) is 12.1 Å². The van der Waals surface area contributed by atoms with Crippen LogP contribution in [0.2, 0.25) is 0 Å². The lowest BCUT2D eigenvalue weighted by Gasteiger charge is -2.52. The average molecular weight is 520 g/mol. The first-order valence-electron chi connectivity index (χ1n) is 13.3. The predicted octanol–water partition coefficient (Wildman–Crippen LogP) is 2.35. The molecule has 2 heterocycles. The number of aliphatic hydroxyl groups is 2. The number of urea groups is 1. The predicted molar refractivity (Wildman–Crippen MR) is 138 cm³/mol. The van der Waals surface area contributed by atoms with Crippen LogP contribution in [0.15, 0.2) is 30.3 Å². The second-order valence-electron chi connectivity index (χ2n) is 12.2. The summed E-state index contributed by atoms with van der Waals surface area (Å²) in [4.78, 5) is 19.8. The highest BCUT2D eigenvalue weighted by Crippen LogP contribution is 2.50. The molecule has 9 heteroatoms. The molecule has 36 heavy (non-hydrogen) atoms. The molecular formula is C27H41N3O5S. The Hall–Kier alpha value is -1.68. The molecule has 2 aliphatic heterocycles. The molecule has 200 valence electrons. The smallest absolute Gasteiger partial charge is 0.320 e. The minimum absolute atomic E-state index is 0.0391. The zero-order valence-corrected chi connectivity index (χ0v) is 22.5. The summed E-state index contributed by atoms with van der Waals surface area (Å²) in [5.41, 5.74) is -1.24. The number of β-amino-alcohol motifs (C(OH)–C–C–N with tert-alkyl or cyclic N) is 2. The Balaban J connectivity index is 1.39. The van der Waals surface area contributed by atoms with Crippen LogP contribution >= 0.6 is 0 Å². The van der Waals surface area contributed by atoms with Gasteiger partial charge in [0.15, 0.2) is 9.84 Å². The molecule has 8 nitrogen and oxygen atoms in total. The number of amides is 2. The Bertz CT molecular complexity index is 1060. The monoisotopic (exact) mass is 519 g/mol. The molecule has 5 rings (SSSR count). The van der Waals surface area contributed by atoms with Crippen molar-refractivity contribution in [1.29, 1.82) is 0 Å². The van der Waals surface area contributed by atoms with Gasteiger partial charge in [0.25, 0.3) is 0 Å². The number of carbonyl (C=O) groups is 1. The second kappa shape index (κ2) is 8.96. The minimum atomic E-state index is -3.12. The molecule has 2 aliphatic carbocycles. The Morgan fingerprint density at radius 3 is 1.97 bits per heavy atom. The van der Waals surface area contributed by atoms with Crippen LogP contribution in [-0.4, -0.2) is 101 Å². The molecular weight excluding hydrogens is 478 g/mol. The van der Waals surface area contributed by atoms with E-state index in [1.807, 2.05) is 11.0 Å². The van der Waals surface area contributed by atoms with Crippen molar-refractivity contribution in [2.45, 2.75) is 80.1 Å². The number of hydrogen-bond donors (Lipinski definition) is 2. The lowest BCUT2D eigenvalue weighted by Crippen LogP contribution is -2.59. The lowest BCUT2D eigenvalue weighted by molar-refractivity contribution is -0.0725. The summed E-state index contributed by atoms with van der Waals surface area (Å²) in [7, 11) is 1.13. The van der Waals surface area contributed by atoms with Crippen LogP contribution in [0.3, 0.4) is 0 Å². The van der Waals surface area contributed by atoms with Crippen LogP contribution in [-0.2, 0) is 15.4 Å². The van der Waals surface area contributed by atoms with Gasteiger partial charge in [0.2, 0.25) is 0 Å². The zero-order chi connectivity index (χ0) is 25.8. The van der Waals surface area contributed by atoms with Crippen molar-refractivity contribution < 1.29 is 23.4 Å². The van der Waals surface area contributed by atoms with Gasteiger partial charge < -0.3 is 20.0 Å². The molecule has 0 unspecified atom stereocenters. The summed E-state index contributed by atoms with van der Waals surface area (Å²) in [6.45, 7) is 0.986. The first kappa shape index (κ1) is 25.9. The molecule has 4 aliphatic rings. The van der Waals surface area contributed by atoms with Crippen molar-refractivity contribution in [3.8, 4) is 0 Å². The van der Waals surface area contributed by atoms with E-state index < -0.39 is 26.6 Å². The van der Waals surface area contributed by atoms with Crippen molar-refractivity contribution in [1.82, 2.24) is 14.7 Å². The first-order chi connectivity index (χ1) is 16.9. The number of carbonyl (C=O) groups excluding carboxylic acids is 1. The molecule has 1 spiro atoms. The van der Waals surface area contributed by atoms with Crippen molar-refractivity contribution in [3.05, 3.63) is 35.9 Å². The summed E-state index contributed by atoms with van der Waals surface area (Å²) < 4.78 is 23.9. The second-order valence-corrected chi connectivity index (χ2v) is 14.5. The van der Waals surface area contributed by atoms with Gasteiger partial charge in [-0.25, -0.2) is 13.2 Å². The number of hydrogen-bond acceptors (Lipinski definition) is 6. The van der Waals surface area contributed by atoms with E-state index in [4.69, 9.17) is 0 Å². The summed E-state index contributed by atoms with van der Waals surface area (Å²) in [6.07, 6.45) is 6.12. The van der Waals surface area contributed by atoms with E-state index >= 15 is 0 Å². The Labute approximate surface area is 215 Å². The molecule has 2 amide bonds. The first-order valence-corrected chi connectivity index (χ1v) is 15.2. The van der Waals surface area contributed by atoms with E-state index in [0.717, 1.165) is 32.1 Å². The van der Waals surface area contributed by atoms with E-state index in [9.17, 15) is 23.4 Å². The third-order valence-corrected chi connectivity index (χ3v) is 11.4. The van der Waals surface area contributed by atoms with Crippen LogP contribution in [0.5, 0.6) is 0 Å². The van der Waals surface area contributed by atoms with E-state index in [1.54, 1.807) is 4.90 Å². The van der Waals surface area contributed by atoms with Crippen molar-refractivity contribution in [2.24, 2.45) is 0 Å². The lowest BCUT2D eigenvalue weighted by atomic mass is 9.67. The fourth-order valence-electron chi connectivity index (χ4n) is 7.01. The summed E-state index contributed by atoms with van der Waals surface area (Å²) in [6, 6.07) is 10.4. The third-order valence-electron chi connectivity index (χ3n) is 9.71. The highest BCUT2D eigenvalue weighted by atomic mass is 32.2. The van der Waals surface area contributed by atoms with Gasteiger partial charge in [0.05, 0.1) is 41.3 Å². The van der Waals surface area contributed by atoms with Crippen molar-refractivity contribution in [2.75, 3.05) is 45.2 Å². The molecule has 4 fully saturated rings. The number of sulfone groups is 1.